The standard InChI is InChI=1S/C21H25N3O4S2/c1-4-28-17-13-12-15(14-19(17)30(26,27)24(2)3)22-20(25)10-7-11-21-23-16-8-5-6-9-18(16)29-21/h5-6,8-9,12-14H,4,7,10-11H2,1-3H3,(H,22,25). The summed E-state index contributed by atoms with van der Waals surface area (Å²) in [5.41, 5.74) is 1.40. The van der Waals surface area contributed by atoms with E-state index in [1.165, 1.54) is 20.2 Å². The minimum absolute atomic E-state index is 0.0293. The first-order chi connectivity index (χ1) is 14.3. The number of nitrogens with zero attached hydrogens (tertiary/aromatic N) is 2. The Hall–Kier alpha value is -2.49. The van der Waals surface area contributed by atoms with Gasteiger partial charge >= 0.3 is 0 Å². The van der Waals surface area contributed by atoms with Crippen molar-refractivity contribution >= 4 is 43.2 Å². The van der Waals surface area contributed by atoms with E-state index in [1.807, 2.05) is 24.3 Å². The molecule has 30 heavy (non-hydrogen) atoms. The summed E-state index contributed by atoms with van der Waals surface area (Å²) in [6.07, 6.45) is 1.70. The van der Waals surface area contributed by atoms with E-state index >= 15 is 0 Å². The van der Waals surface area contributed by atoms with E-state index in [2.05, 4.69) is 10.3 Å². The van der Waals surface area contributed by atoms with Crippen molar-refractivity contribution in [1.82, 2.24) is 9.29 Å². The van der Waals surface area contributed by atoms with Gasteiger partial charge in [0, 0.05) is 26.2 Å². The van der Waals surface area contributed by atoms with Gasteiger partial charge in [0.2, 0.25) is 15.9 Å². The number of aryl methyl sites for hydroxylation is 1. The first kappa shape index (κ1) is 22.2. The van der Waals surface area contributed by atoms with E-state index in [0.717, 1.165) is 26.0 Å². The number of hydrogen-bond donors (Lipinski definition) is 1. The molecule has 0 radical (unpaired) electrons. The first-order valence-corrected chi connectivity index (χ1v) is 11.9. The predicted octanol–water partition coefficient (Wildman–Crippen LogP) is 3.91. The number of fused-ring (bicyclic) bond motifs is 1. The normalized spacial score (nSPS) is 11.7. The maximum absolute atomic E-state index is 12.6. The highest BCUT2D eigenvalue weighted by molar-refractivity contribution is 7.89. The molecule has 9 heteroatoms. The molecule has 1 amide bonds. The zero-order chi connectivity index (χ0) is 21.7. The molecule has 0 atom stereocenters. The number of anilines is 1. The van der Waals surface area contributed by atoms with E-state index < -0.39 is 10.0 Å². The van der Waals surface area contributed by atoms with Crippen molar-refractivity contribution in [2.24, 2.45) is 0 Å². The lowest BCUT2D eigenvalue weighted by Crippen LogP contribution is -2.23. The summed E-state index contributed by atoms with van der Waals surface area (Å²) in [4.78, 5) is 17.0. The lowest BCUT2D eigenvalue weighted by molar-refractivity contribution is -0.116. The molecule has 160 valence electrons. The van der Waals surface area contributed by atoms with Crippen molar-refractivity contribution in [3.63, 3.8) is 0 Å². The minimum Gasteiger partial charge on any atom is -0.492 e. The maximum Gasteiger partial charge on any atom is 0.246 e. The van der Waals surface area contributed by atoms with Gasteiger partial charge in [-0.1, -0.05) is 12.1 Å². The molecule has 0 fully saturated rings. The number of amides is 1. The van der Waals surface area contributed by atoms with Crippen LogP contribution in [0.25, 0.3) is 10.2 Å². The topological polar surface area (TPSA) is 88.6 Å². The van der Waals surface area contributed by atoms with Gasteiger partial charge in [-0.15, -0.1) is 11.3 Å². The lowest BCUT2D eigenvalue weighted by Gasteiger charge is -2.16. The fraction of sp³-hybridized carbons (Fsp3) is 0.333. The van der Waals surface area contributed by atoms with Crippen LogP contribution in [-0.4, -0.2) is 44.3 Å². The van der Waals surface area contributed by atoms with Crippen LogP contribution in [0.4, 0.5) is 5.69 Å². The van der Waals surface area contributed by atoms with Gasteiger partial charge in [-0.2, -0.15) is 0 Å². The van der Waals surface area contributed by atoms with E-state index in [1.54, 1.807) is 30.4 Å². The highest BCUT2D eigenvalue weighted by atomic mass is 32.2. The van der Waals surface area contributed by atoms with Crippen molar-refractivity contribution in [2.45, 2.75) is 31.1 Å². The van der Waals surface area contributed by atoms with Crippen LogP contribution in [0.2, 0.25) is 0 Å². The molecule has 2 aromatic carbocycles. The second-order valence-corrected chi connectivity index (χ2v) is 10.1. The third-order valence-electron chi connectivity index (χ3n) is 4.42. The quantitative estimate of drug-likeness (QED) is 0.537. The van der Waals surface area contributed by atoms with E-state index in [4.69, 9.17) is 4.74 Å². The molecule has 1 N–H and O–H groups in total. The largest absolute Gasteiger partial charge is 0.492 e. The summed E-state index contributed by atoms with van der Waals surface area (Å²) in [6, 6.07) is 12.6. The zero-order valence-corrected chi connectivity index (χ0v) is 18.8. The number of thiazole rings is 1. The number of benzene rings is 2. The van der Waals surface area contributed by atoms with E-state index in [0.29, 0.717) is 25.1 Å². The molecule has 1 heterocycles. The highest BCUT2D eigenvalue weighted by Crippen LogP contribution is 2.29. The maximum atomic E-state index is 12.6. The predicted molar refractivity (Wildman–Crippen MR) is 120 cm³/mol. The monoisotopic (exact) mass is 447 g/mol. The summed E-state index contributed by atoms with van der Waals surface area (Å²) in [6.45, 7) is 2.13. The Labute approximate surface area is 180 Å². The molecule has 0 aliphatic carbocycles. The highest BCUT2D eigenvalue weighted by Gasteiger charge is 2.23. The molecule has 0 bridgehead atoms. The summed E-state index contributed by atoms with van der Waals surface area (Å²) in [5.74, 6) is 0.0912. The Bertz CT molecular complexity index is 1110. The number of sulfonamides is 1. The third kappa shape index (κ3) is 5.16. The van der Waals surface area contributed by atoms with Gasteiger partial charge in [-0.25, -0.2) is 17.7 Å². The average Bonchev–Trinajstić information content (AvgIpc) is 3.12. The van der Waals surface area contributed by atoms with Crippen LogP contribution in [0.15, 0.2) is 47.4 Å². The molecular weight excluding hydrogens is 422 g/mol. The molecule has 0 saturated carbocycles. The van der Waals surface area contributed by atoms with Gasteiger partial charge in [-0.05, 0) is 50.1 Å². The number of hydrogen-bond acceptors (Lipinski definition) is 6. The van der Waals surface area contributed by atoms with E-state index in [-0.39, 0.29) is 16.6 Å². The molecule has 0 spiro atoms. The second kappa shape index (κ2) is 9.55. The third-order valence-corrected chi connectivity index (χ3v) is 7.35. The number of carbonyl (C=O) groups is 1. The van der Waals surface area contributed by atoms with Crippen molar-refractivity contribution in [2.75, 3.05) is 26.0 Å². The van der Waals surface area contributed by atoms with Gasteiger partial charge in [0.25, 0.3) is 0 Å². The summed E-state index contributed by atoms with van der Waals surface area (Å²) in [5, 5.41) is 3.79. The van der Waals surface area contributed by atoms with Gasteiger partial charge < -0.3 is 10.1 Å². The van der Waals surface area contributed by atoms with Crippen molar-refractivity contribution in [3.05, 3.63) is 47.5 Å². The molecule has 1 aromatic heterocycles. The van der Waals surface area contributed by atoms with Gasteiger partial charge in [0.15, 0.2) is 0 Å². The minimum atomic E-state index is -3.70. The lowest BCUT2D eigenvalue weighted by atomic mass is 10.2. The molecule has 0 saturated heterocycles. The summed E-state index contributed by atoms with van der Waals surface area (Å²) < 4.78 is 32.9. The Morgan fingerprint density at radius 3 is 2.67 bits per heavy atom. The Morgan fingerprint density at radius 1 is 1.20 bits per heavy atom. The van der Waals surface area contributed by atoms with Gasteiger partial charge in [0.1, 0.15) is 10.6 Å². The van der Waals surface area contributed by atoms with Crippen LogP contribution in [0.1, 0.15) is 24.8 Å². The molecule has 0 unspecified atom stereocenters. The van der Waals surface area contributed by atoms with Crippen LogP contribution < -0.4 is 10.1 Å². The average molecular weight is 448 g/mol. The van der Waals surface area contributed by atoms with Crippen molar-refractivity contribution in [1.29, 1.82) is 0 Å². The summed E-state index contributed by atoms with van der Waals surface area (Å²) >= 11 is 1.64. The molecule has 7 nitrogen and oxygen atoms in total. The fourth-order valence-electron chi connectivity index (χ4n) is 2.91. The second-order valence-electron chi connectivity index (χ2n) is 6.86. The van der Waals surface area contributed by atoms with Crippen LogP contribution in [0.5, 0.6) is 5.75 Å². The molecular formula is C21H25N3O4S2. The van der Waals surface area contributed by atoms with Crippen molar-refractivity contribution in [3.8, 4) is 5.75 Å². The first-order valence-electron chi connectivity index (χ1n) is 9.65. The molecule has 3 rings (SSSR count). The molecule has 0 aliphatic heterocycles. The Morgan fingerprint density at radius 2 is 1.97 bits per heavy atom. The van der Waals surface area contributed by atoms with Crippen LogP contribution >= 0.6 is 11.3 Å². The Kier molecular flexibility index (Phi) is 7.06. The number of aromatic nitrogens is 1. The van der Waals surface area contributed by atoms with Crippen LogP contribution in [0.3, 0.4) is 0 Å². The summed E-state index contributed by atoms with van der Waals surface area (Å²) in [7, 11) is -0.790. The number of carbonyl (C=O) groups excluding carboxylic acids is 1. The fourth-order valence-corrected chi connectivity index (χ4v) is 4.97. The number of para-hydroxylation sites is 1. The van der Waals surface area contributed by atoms with Gasteiger partial charge in [-0.3, -0.25) is 4.79 Å². The van der Waals surface area contributed by atoms with E-state index in [9.17, 15) is 13.2 Å². The smallest absolute Gasteiger partial charge is 0.246 e. The van der Waals surface area contributed by atoms with Gasteiger partial charge in [0.05, 0.1) is 21.8 Å². The van der Waals surface area contributed by atoms with Crippen molar-refractivity contribution < 1.29 is 17.9 Å². The van der Waals surface area contributed by atoms with Crippen LogP contribution in [-0.2, 0) is 21.2 Å². The molecule has 3 aromatic rings. The zero-order valence-electron chi connectivity index (χ0n) is 17.2. The van der Waals surface area contributed by atoms with Crippen LogP contribution in [0, 0.1) is 0 Å². The molecule has 0 aliphatic rings. The number of nitrogens with one attached hydrogen (secondary N) is 1. The SMILES string of the molecule is CCOc1ccc(NC(=O)CCCc2nc3ccccc3s2)cc1S(=O)(=O)N(C)C. The number of ether oxygens (including phenoxy) is 1. The Balaban J connectivity index is 1.64. The number of rotatable bonds is 9.